The number of fused-ring (bicyclic) bond motifs is 1. The van der Waals surface area contributed by atoms with E-state index in [1.165, 1.54) is 0 Å². The highest BCUT2D eigenvalue weighted by Gasteiger charge is 2.22. The maximum absolute atomic E-state index is 11.7. The van der Waals surface area contributed by atoms with Crippen molar-refractivity contribution in [2.45, 2.75) is 53.2 Å². The maximum atomic E-state index is 11.7. The van der Waals surface area contributed by atoms with Gasteiger partial charge >= 0.3 is 12.1 Å². The number of benzene rings is 1. The number of nitrogens with one attached hydrogen (secondary N) is 1. The number of ether oxygens (including phenoxy) is 4. The van der Waals surface area contributed by atoms with Gasteiger partial charge in [0.2, 0.25) is 0 Å². The average molecular weight is 393 g/mol. The largest absolute Gasteiger partial charge is 0.516 e. The van der Waals surface area contributed by atoms with Gasteiger partial charge in [0, 0.05) is 12.1 Å². The van der Waals surface area contributed by atoms with E-state index in [1.807, 2.05) is 19.1 Å². The van der Waals surface area contributed by atoms with Crippen molar-refractivity contribution in [2.75, 3.05) is 26.4 Å². The molecule has 0 atom stereocenters. The summed E-state index contributed by atoms with van der Waals surface area (Å²) in [5, 5.41) is 4.18. The third kappa shape index (κ3) is 6.42. The van der Waals surface area contributed by atoms with Crippen molar-refractivity contribution in [3.05, 3.63) is 23.8 Å². The van der Waals surface area contributed by atoms with Crippen molar-refractivity contribution >= 4 is 17.1 Å². The molecule has 0 saturated carbocycles. The molecular formula is C21H31NO6. The SMILES string of the molecule is CCOCc1c(OC(=O)OCC)oc2cccc(OCCCNC(C)(C)C)c12. The monoisotopic (exact) mass is 393 g/mol. The third-order valence-electron chi connectivity index (χ3n) is 3.86. The Hall–Kier alpha value is -2.25. The highest BCUT2D eigenvalue weighted by Crippen LogP contribution is 2.38. The second-order valence-corrected chi connectivity index (χ2v) is 7.30. The van der Waals surface area contributed by atoms with Gasteiger partial charge in [-0.05, 0) is 59.7 Å². The van der Waals surface area contributed by atoms with Crippen LogP contribution in [0.5, 0.6) is 11.7 Å². The molecule has 0 radical (unpaired) electrons. The Labute approximate surface area is 166 Å². The lowest BCUT2D eigenvalue weighted by atomic mass is 10.1. The molecule has 156 valence electrons. The lowest BCUT2D eigenvalue weighted by molar-refractivity contribution is 0.0915. The Bertz CT molecular complexity index is 762. The molecule has 0 unspecified atom stereocenters. The number of rotatable bonds is 10. The fourth-order valence-corrected chi connectivity index (χ4v) is 2.64. The van der Waals surface area contributed by atoms with Crippen LogP contribution in [0.4, 0.5) is 4.79 Å². The fraction of sp³-hybridized carbons (Fsp3) is 0.571. The van der Waals surface area contributed by atoms with E-state index in [0.29, 0.717) is 30.1 Å². The minimum absolute atomic E-state index is 0.0762. The molecule has 2 aromatic rings. The number of furan rings is 1. The van der Waals surface area contributed by atoms with Crippen LogP contribution < -0.4 is 14.8 Å². The van der Waals surface area contributed by atoms with Crippen molar-refractivity contribution in [3.8, 4) is 11.7 Å². The second kappa shape index (κ2) is 10.3. The van der Waals surface area contributed by atoms with Gasteiger partial charge in [0.15, 0.2) is 0 Å². The summed E-state index contributed by atoms with van der Waals surface area (Å²) in [5.41, 5.74) is 1.28. The first-order valence-electron chi connectivity index (χ1n) is 9.70. The number of carbonyl (C=O) groups excluding carboxylic acids is 1. The van der Waals surface area contributed by atoms with Gasteiger partial charge in [-0.3, -0.25) is 0 Å². The first-order chi connectivity index (χ1) is 13.4. The van der Waals surface area contributed by atoms with Crippen LogP contribution in [0.1, 0.15) is 46.6 Å². The Morgan fingerprint density at radius 3 is 2.64 bits per heavy atom. The molecule has 7 heteroatoms. The van der Waals surface area contributed by atoms with E-state index in [4.69, 9.17) is 23.4 Å². The van der Waals surface area contributed by atoms with Crippen LogP contribution in [0.2, 0.25) is 0 Å². The number of carbonyl (C=O) groups is 1. The topological polar surface area (TPSA) is 79.2 Å². The maximum Gasteiger partial charge on any atom is 0.516 e. The van der Waals surface area contributed by atoms with E-state index in [2.05, 4.69) is 26.1 Å². The Kier molecular flexibility index (Phi) is 8.14. The van der Waals surface area contributed by atoms with Gasteiger partial charge in [0.25, 0.3) is 0 Å². The highest BCUT2D eigenvalue weighted by molar-refractivity contribution is 5.90. The summed E-state index contributed by atoms with van der Waals surface area (Å²) in [4.78, 5) is 11.7. The van der Waals surface area contributed by atoms with Crippen molar-refractivity contribution in [3.63, 3.8) is 0 Å². The Morgan fingerprint density at radius 1 is 1.18 bits per heavy atom. The van der Waals surface area contributed by atoms with Gasteiger partial charge in [-0.25, -0.2) is 4.79 Å². The quantitative estimate of drug-likeness (QED) is 0.464. The van der Waals surface area contributed by atoms with Crippen molar-refractivity contribution in [1.82, 2.24) is 5.32 Å². The van der Waals surface area contributed by atoms with Gasteiger partial charge in [-0.1, -0.05) is 6.07 Å². The lowest BCUT2D eigenvalue weighted by Gasteiger charge is -2.20. The minimum Gasteiger partial charge on any atom is -0.493 e. The molecule has 7 nitrogen and oxygen atoms in total. The summed E-state index contributed by atoms with van der Waals surface area (Å²) < 4.78 is 27.4. The Morgan fingerprint density at radius 2 is 1.96 bits per heavy atom. The van der Waals surface area contributed by atoms with Gasteiger partial charge < -0.3 is 28.7 Å². The standard InChI is InChI=1S/C21H31NO6/c1-6-24-14-15-18-16(26-13-9-12-22-21(3,4)5)10-8-11-17(18)27-19(15)28-20(23)25-7-2/h8,10-11,22H,6-7,9,12-14H2,1-5H3. The van der Waals surface area contributed by atoms with Crippen LogP contribution in [0.15, 0.2) is 22.6 Å². The van der Waals surface area contributed by atoms with Crippen LogP contribution >= 0.6 is 0 Å². The van der Waals surface area contributed by atoms with E-state index in [1.54, 1.807) is 13.0 Å². The molecule has 0 saturated heterocycles. The van der Waals surface area contributed by atoms with Crippen LogP contribution in [-0.4, -0.2) is 38.1 Å². The zero-order valence-corrected chi connectivity index (χ0v) is 17.4. The van der Waals surface area contributed by atoms with Crippen LogP contribution in [0.25, 0.3) is 11.0 Å². The van der Waals surface area contributed by atoms with Crippen LogP contribution in [-0.2, 0) is 16.1 Å². The molecule has 0 spiro atoms. The normalized spacial score (nSPS) is 11.6. The zero-order chi connectivity index (χ0) is 20.6. The van der Waals surface area contributed by atoms with E-state index < -0.39 is 6.16 Å². The van der Waals surface area contributed by atoms with Gasteiger partial charge in [-0.15, -0.1) is 0 Å². The predicted molar refractivity (Wildman–Crippen MR) is 107 cm³/mol. The Balaban J connectivity index is 2.18. The fourth-order valence-electron chi connectivity index (χ4n) is 2.64. The van der Waals surface area contributed by atoms with Gasteiger partial charge in [-0.2, -0.15) is 0 Å². The van der Waals surface area contributed by atoms with E-state index in [-0.39, 0.29) is 24.7 Å². The van der Waals surface area contributed by atoms with Gasteiger partial charge in [0.05, 0.1) is 30.8 Å². The molecule has 1 N–H and O–H groups in total. The summed E-state index contributed by atoms with van der Waals surface area (Å²) in [5.74, 6) is 0.748. The van der Waals surface area contributed by atoms with Crippen LogP contribution in [0, 0.1) is 0 Å². The smallest absolute Gasteiger partial charge is 0.493 e. The van der Waals surface area contributed by atoms with Crippen LogP contribution in [0.3, 0.4) is 0 Å². The molecule has 0 amide bonds. The summed E-state index contributed by atoms with van der Waals surface area (Å²) in [6.45, 7) is 12.4. The van der Waals surface area contributed by atoms with E-state index >= 15 is 0 Å². The third-order valence-corrected chi connectivity index (χ3v) is 3.86. The molecule has 0 aliphatic rings. The minimum atomic E-state index is -0.810. The molecule has 0 aliphatic heterocycles. The number of hydrogen-bond donors (Lipinski definition) is 1. The molecule has 1 aromatic heterocycles. The molecule has 1 aromatic carbocycles. The molecule has 0 fully saturated rings. The van der Waals surface area contributed by atoms with Crippen molar-refractivity contribution < 1.29 is 28.2 Å². The molecule has 28 heavy (non-hydrogen) atoms. The second-order valence-electron chi connectivity index (χ2n) is 7.30. The van der Waals surface area contributed by atoms with E-state index in [0.717, 1.165) is 18.4 Å². The highest BCUT2D eigenvalue weighted by atomic mass is 16.8. The van der Waals surface area contributed by atoms with E-state index in [9.17, 15) is 4.79 Å². The average Bonchev–Trinajstić information content (AvgIpc) is 2.96. The first kappa shape index (κ1) is 22.0. The summed E-state index contributed by atoms with van der Waals surface area (Å²) in [7, 11) is 0. The summed E-state index contributed by atoms with van der Waals surface area (Å²) in [6.07, 6.45) is 0.0494. The summed E-state index contributed by atoms with van der Waals surface area (Å²) in [6, 6.07) is 5.52. The van der Waals surface area contributed by atoms with Gasteiger partial charge in [0.1, 0.15) is 11.3 Å². The number of hydrogen-bond acceptors (Lipinski definition) is 7. The molecule has 0 bridgehead atoms. The molecular weight excluding hydrogens is 362 g/mol. The molecule has 2 rings (SSSR count). The first-order valence-corrected chi connectivity index (χ1v) is 9.70. The van der Waals surface area contributed by atoms with Crippen molar-refractivity contribution in [2.24, 2.45) is 0 Å². The summed E-state index contributed by atoms with van der Waals surface area (Å²) >= 11 is 0. The van der Waals surface area contributed by atoms with Crippen molar-refractivity contribution in [1.29, 1.82) is 0 Å². The lowest BCUT2D eigenvalue weighted by Crippen LogP contribution is -2.36. The molecule has 0 aliphatic carbocycles. The predicted octanol–water partition coefficient (Wildman–Crippen LogP) is 4.66. The zero-order valence-electron chi connectivity index (χ0n) is 17.4. The molecule has 1 heterocycles.